The fourth-order valence-corrected chi connectivity index (χ4v) is 4.06. The van der Waals surface area contributed by atoms with Crippen LogP contribution in [0.15, 0.2) is 42.6 Å². The Labute approximate surface area is 161 Å². The first kappa shape index (κ1) is 17.8. The minimum atomic E-state index is 0.0366. The fourth-order valence-electron chi connectivity index (χ4n) is 4.06. The smallest absolute Gasteiger partial charge is 0.272 e. The van der Waals surface area contributed by atoms with Gasteiger partial charge in [0.2, 0.25) is 0 Å². The molecule has 1 atom stereocenters. The number of carbonyl (C=O) groups excluding carboxylic acids is 1. The maximum atomic E-state index is 12.8. The first-order chi connectivity index (χ1) is 13.2. The van der Waals surface area contributed by atoms with Crippen molar-refractivity contribution in [2.45, 2.75) is 32.6 Å². The Bertz CT molecular complexity index is 783. The molecule has 0 radical (unpaired) electrons. The molecule has 1 unspecified atom stereocenters. The molecule has 2 aliphatic rings. The van der Waals surface area contributed by atoms with Crippen molar-refractivity contribution >= 4 is 23.0 Å². The number of nitrogens with zero attached hydrogens (tertiary/aromatic N) is 3. The van der Waals surface area contributed by atoms with Gasteiger partial charge in [-0.25, -0.2) is 0 Å². The third-order valence-electron chi connectivity index (χ3n) is 5.55. The Morgan fingerprint density at radius 3 is 2.56 bits per heavy atom. The number of likely N-dealkylation sites (tertiary alicyclic amines) is 1. The van der Waals surface area contributed by atoms with Crippen LogP contribution in [-0.4, -0.2) is 42.0 Å². The third-order valence-corrected chi connectivity index (χ3v) is 5.55. The zero-order valence-electron chi connectivity index (χ0n) is 16.0. The molecule has 5 heteroatoms. The summed E-state index contributed by atoms with van der Waals surface area (Å²) in [7, 11) is 0. The maximum absolute atomic E-state index is 12.8. The fraction of sp³-hybridized carbons (Fsp3) is 0.455. The molecule has 3 heterocycles. The molecule has 0 bridgehead atoms. The topological polar surface area (TPSA) is 48.5 Å². The summed E-state index contributed by atoms with van der Waals surface area (Å²) in [6, 6.07) is 12.3. The molecule has 0 saturated carbocycles. The van der Waals surface area contributed by atoms with E-state index in [1.807, 2.05) is 17.0 Å². The number of aromatic nitrogens is 1. The molecule has 5 nitrogen and oxygen atoms in total. The summed E-state index contributed by atoms with van der Waals surface area (Å²) in [5.41, 5.74) is 3.71. The number of anilines is 3. The van der Waals surface area contributed by atoms with E-state index in [0.29, 0.717) is 11.6 Å². The van der Waals surface area contributed by atoms with Gasteiger partial charge in [-0.05, 0) is 68.0 Å². The average molecular weight is 364 g/mol. The van der Waals surface area contributed by atoms with Crippen molar-refractivity contribution in [3.63, 3.8) is 0 Å². The highest BCUT2D eigenvalue weighted by molar-refractivity contribution is 5.93. The highest BCUT2D eigenvalue weighted by Gasteiger charge is 2.23. The van der Waals surface area contributed by atoms with E-state index in [0.717, 1.165) is 44.0 Å². The van der Waals surface area contributed by atoms with Gasteiger partial charge in [-0.1, -0.05) is 6.92 Å². The van der Waals surface area contributed by atoms with E-state index in [9.17, 15) is 4.79 Å². The van der Waals surface area contributed by atoms with Crippen molar-refractivity contribution in [2.24, 2.45) is 5.92 Å². The summed E-state index contributed by atoms with van der Waals surface area (Å²) >= 11 is 0. The van der Waals surface area contributed by atoms with Crippen molar-refractivity contribution in [3.05, 3.63) is 48.3 Å². The van der Waals surface area contributed by atoms with Gasteiger partial charge in [0.1, 0.15) is 5.69 Å². The van der Waals surface area contributed by atoms with E-state index in [-0.39, 0.29) is 5.91 Å². The van der Waals surface area contributed by atoms with Crippen LogP contribution < -0.4 is 10.2 Å². The molecule has 27 heavy (non-hydrogen) atoms. The van der Waals surface area contributed by atoms with Crippen LogP contribution in [0.25, 0.3) is 0 Å². The third kappa shape index (κ3) is 4.24. The number of hydrogen-bond donors (Lipinski definition) is 1. The van der Waals surface area contributed by atoms with Crippen LogP contribution in [0, 0.1) is 5.92 Å². The molecule has 0 aliphatic carbocycles. The Morgan fingerprint density at radius 1 is 1.04 bits per heavy atom. The van der Waals surface area contributed by atoms with E-state index in [1.165, 1.54) is 24.9 Å². The quantitative estimate of drug-likeness (QED) is 0.879. The molecule has 4 rings (SSSR count). The molecule has 142 valence electrons. The van der Waals surface area contributed by atoms with E-state index in [2.05, 4.69) is 46.4 Å². The normalized spacial score (nSPS) is 20.0. The van der Waals surface area contributed by atoms with Crippen molar-refractivity contribution in [2.75, 3.05) is 36.4 Å². The van der Waals surface area contributed by atoms with Crippen LogP contribution in [0.2, 0.25) is 0 Å². The number of pyridine rings is 1. The number of nitrogens with one attached hydrogen (secondary N) is 1. The molecule has 1 aromatic carbocycles. The molecular formula is C22H28N4O. The lowest BCUT2D eigenvalue weighted by molar-refractivity contribution is 0.0677. The standard InChI is InChI=1S/C22H28N4O/c1-17-5-4-14-26(16-17)22(27)21-15-19(10-11-23-21)24-18-6-8-20(9-7-18)25-12-2-3-13-25/h6-11,15,17H,2-5,12-14,16H2,1H3,(H,23,24). The van der Waals surface area contributed by atoms with Gasteiger partial charge in [0.25, 0.3) is 5.91 Å². The van der Waals surface area contributed by atoms with Gasteiger partial charge in [-0.15, -0.1) is 0 Å². The zero-order chi connectivity index (χ0) is 18.6. The lowest BCUT2D eigenvalue weighted by Crippen LogP contribution is -2.39. The molecule has 2 aliphatic heterocycles. The highest BCUT2D eigenvalue weighted by Crippen LogP contribution is 2.24. The van der Waals surface area contributed by atoms with Crippen LogP contribution in [0.4, 0.5) is 17.1 Å². The van der Waals surface area contributed by atoms with Crippen LogP contribution in [0.1, 0.15) is 43.1 Å². The predicted molar refractivity (Wildman–Crippen MR) is 110 cm³/mol. The van der Waals surface area contributed by atoms with Crippen molar-refractivity contribution < 1.29 is 4.79 Å². The van der Waals surface area contributed by atoms with E-state index in [4.69, 9.17) is 0 Å². The predicted octanol–water partition coefficient (Wildman–Crippen LogP) is 4.30. The number of amides is 1. The van der Waals surface area contributed by atoms with Gasteiger partial charge in [-0.2, -0.15) is 0 Å². The Balaban J connectivity index is 1.43. The molecule has 1 amide bonds. The summed E-state index contributed by atoms with van der Waals surface area (Å²) in [5.74, 6) is 0.604. The van der Waals surface area contributed by atoms with Gasteiger partial charge < -0.3 is 15.1 Å². The molecular weight excluding hydrogens is 336 g/mol. The van der Waals surface area contributed by atoms with Crippen molar-refractivity contribution in [1.29, 1.82) is 0 Å². The number of rotatable bonds is 4. The SMILES string of the molecule is CC1CCCN(C(=O)c2cc(Nc3ccc(N4CCCC4)cc3)ccn2)C1. The molecule has 0 spiro atoms. The van der Waals surface area contributed by atoms with Crippen molar-refractivity contribution in [1.82, 2.24) is 9.88 Å². The maximum Gasteiger partial charge on any atom is 0.272 e. The number of hydrogen-bond acceptors (Lipinski definition) is 4. The molecule has 2 saturated heterocycles. The van der Waals surface area contributed by atoms with Gasteiger partial charge >= 0.3 is 0 Å². The lowest BCUT2D eigenvalue weighted by atomic mass is 10.00. The second-order valence-corrected chi connectivity index (χ2v) is 7.79. The summed E-state index contributed by atoms with van der Waals surface area (Å²) in [6.07, 6.45) is 6.55. The minimum absolute atomic E-state index is 0.0366. The van der Waals surface area contributed by atoms with E-state index >= 15 is 0 Å². The van der Waals surface area contributed by atoms with Crippen molar-refractivity contribution in [3.8, 4) is 0 Å². The number of benzene rings is 1. The second kappa shape index (κ2) is 7.99. The highest BCUT2D eigenvalue weighted by atomic mass is 16.2. The minimum Gasteiger partial charge on any atom is -0.372 e. The first-order valence-corrected chi connectivity index (χ1v) is 10.1. The van der Waals surface area contributed by atoms with Crippen LogP contribution in [0.5, 0.6) is 0 Å². The first-order valence-electron chi connectivity index (χ1n) is 10.1. The van der Waals surface area contributed by atoms with Gasteiger partial charge in [0, 0.05) is 49.4 Å². The van der Waals surface area contributed by atoms with Crippen LogP contribution >= 0.6 is 0 Å². The summed E-state index contributed by atoms with van der Waals surface area (Å²) in [5, 5.41) is 3.40. The largest absolute Gasteiger partial charge is 0.372 e. The van der Waals surface area contributed by atoms with Gasteiger partial charge in [0.05, 0.1) is 0 Å². The summed E-state index contributed by atoms with van der Waals surface area (Å²) in [4.78, 5) is 21.4. The van der Waals surface area contributed by atoms with Crippen LogP contribution in [-0.2, 0) is 0 Å². The lowest BCUT2D eigenvalue weighted by Gasteiger charge is -2.30. The van der Waals surface area contributed by atoms with E-state index < -0.39 is 0 Å². The summed E-state index contributed by atoms with van der Waals surface area (Å²) in [6.45, 7) is 6.17. The number of carbonyl (C=O) groups is 1. The second-order valence-electron chi connectivity index (χ2n) is 7.79. The molecule has 1 aromatic heterocycles. The molecule has 1 N–H and O–H groups in total. The van der Waals surface area contributed by atoms with E-state index in [1.54, 1.807) is 6.20 Å². The molecule has 2 aromatic rings. The Hall–Kier alpha value is -2.56. The number of piperidine rings is 1. The van der Waals surface area contributed by atoms with Crippen LogP contribution in [0.3, 0.4) is 0 Å². The summed E-state index contributed by atoms with van der Waals surface area (Å²) < 4.78 is 0. The monoisotopic (exact) mass is 364 g/mol. The van der Waals surface area contributed by atoms with Gasteiger partial charge in [0.15, 0.2) is 0 Å². The Morgan fingerprint density at radius 2 is 1.81 bits per heavy atom. The van der Waals surface area contributed by atoms with Gasteiger partial charge in [-0.3, -0.25) is 9.78 Å². The molecule has 2 fully saturated rings. The Kier molecular flexibility index (Phi) is 5.28. The average Bonchev–Trinajstić information content (AvgIpc) is 3.23. The zero-order valence-corrected chi connectivity index (χ0v) is 16.0.